The summed E-state index contributed by atoms with van der Waals surface area (Å²) in [6.45, 7) is 2.03. The van der Waals surface area contributed by atoms with Crippen LogP contribution in [0.5, 0.6) is 0 Å². The molecule has 4 rings (SSSR count). The second-order valence-electron chi connectivity index (χ2n) is 7.33. The van der Waals surface area contributed by atoms with Gasteiger partial charge in [-0.1, -0.05) is 12.1 Å². The van der Waals surface area contributed by atoms with Gasteiger partial charge >= 0.3 is 0 Å². The summed E-state index contributed by atoms with van der Waals surface area (Å²) < 4.78 is 33.5. The van der Waals surface area contributed by atoms with E-state index in [1.54, 1.807) is 12.3 Å². The Bertz CT molecular complexity index is 1300. The second-order valence-corrected chi connectivity index (χ2v) is 8.82. The number of benzene rings is 1. The largest absolute Gasteiger partial charge is 0.457 e. The Morgan fingerprint density at radius 3 is 2.70 bits per heavy atom. The number of nitrogens with one attached hydrogen (secondary N) is 3. The number of aromatic nitrogens is 2. The van der Waals surface area contributed by atoms with E-state index in [4.69, 9.17) is 14.6 Å². The van der Waals surface area contributed by atoms with Crippen molar-refractivity contribution in [1.82, 2.24) is 9.97 Å². The van der Waals surface area contributed by atoms with Crippen molar-refractivity contribution in [1.29, 1.82) is 0 Å². The van der Waals surface area contributed by atoms with Crippen LogP contribution in [0.4, 0.5) is 23.1 Å². The van der Waals surface area contributed by atoms with Crippen molar-refractivity contribution in [2.24, 2.45) is 5.14 Å². The fourth-order valence-electron chi connectivity index (χ4n) is 3.32. The number of hydrogen-bond acceptors (Lipinski definition) is 9. The van der Waals surface area contributed by atoms with Gasteiger partial charge in [-0.3, -0.25) is 0 Å². The molecule has 33 heavy (non-hydrogen) atoms. The van der Waals surface area contributed by atoms with Crippen molar-refractivity contribution in [3.05, 3.63) is 82.8 Å². The average Bonchev–Trinajstić information content (AvgIpc) is 2.80. The number of anilines is 4. The minimum atomic E-state index is -3.98. The van der Waals surface area contributed by atoms with Gasteiger partial charge in [0.2, 0.25) is 5.95 Å². The van der Waals surface area contributed by atoms with Gasteiger partial charge in [-0.05, 0) is 49.6 Å². The molecule has 2 aliphatic rings. The molecule has 172 valence electrons. The number of hydrogen-bond donors (Lipinski definition) is 4. The Hall–Kier alpha value is -3.83. The molecule has 2 heterocycles. The fourth-order valence-corrected chi connectivity index (χ4v) is 3.68. The molecule has 0 atom stereocenters. The Labute approximate surface area is 192 Å². The molecule has 0 unspecified atom stereocenters. The number of sulfonamides is 1. The number of ether oxygens (including phenoxy) is 2. The molecular weight excluding hydrogens is 444 g/mol. The molecule has 1 aromatic heterocycles. The number of aryl methyl sites for hydroxylation is 1. The molecule has 0 bridgehead atoms. The third-order valence-corrected chi connectivity index (χ3v) is 5.75. The lowest BCUT2D eigenvalue weighted by molar-refractivity contribution is 0.250. The number of nitrogens with zero attached hydrogens (tertiary/aromatic N) is 2. The van der Waals surface area contributed by atoms with E-state index in [0.29, 0.717) is 23.9 Å². The maximum Gasteiger partial charge on any atom is 0.274 e. The summed E-state index contributed by atoms with van der Waals surface area (Å²) >= 11 is 0. The van der Waals surface area contributed by atoms with Crippen molar-refractivity contribution in [2.75, 3.05) is 23.0 Å². The molecule has 0 saturated carbocycles. The van der Waals surface area contributed by atoms with Crippen LogP contribution in [0.15, 0.2) is 77.3 Å². The van der Waals surface area contributed by atoms with Crippen LogP contribution in [-0.4, -0.2) is 25.4 Å². The van der Waals surface area contributed by atoms with E-state index in [9.17, 15) is 8.42 Å². The van der Waals surface area contributed by atoms with Gasteiger partial charge in [-0.25, -0.2) is 18.5 Å². The van der Waals surface area contributed by atoms with Gasteiger partial charge in [0.05, 0.1) is 0 Å². The number of primary sulfonamides is 1. The predicted molar refractivity (Wildman–Crippen MR) is 127 cm³/mol. The lowest BCUT2D eigenvalue weighted by Crippen LogP contribution is -2.18. The van der Waals surface area contributed by atoms with Gasteiger partial charge in [0.25, 0.3) is 15.1 Å². The van der Waals surface area contributed by atoms with Gasteiger partial charge in [0, 0.05) is 35.9 Å². The van der Waals surface area contributed by atoms with E-state index in [2.05, 4.69) is 25.9 Å². The molecule has 0 saturated heterocycles. The molecule has 1 aliphatic carbocycles. The smallest absolute Gasteiger partial charge is 0.274 e. The summed E-state index contributed by atoms with van der Waals surface area (Å²) in [5.41, 5.74) is 4.57. The molecule has 0 fully saturated rings. The van der Waals surface area contributed by atoms with E-state index >= 15 is 0 Å². The molecule has 2 aromatic rings. The van der Waals surface area contributed by atoms with E-state index in [0.717, 1.165) is 40.9 Å². The summed E-state index contributed by atoms with van der Waals surface area (Å²) in [6.07, 6.45) is 9.27. The third kappa shape index (κ3) is 5.33. The molecule has 5 N–H and O–H groups in total. The van der Waals surface area contributed by atoms with E-state index in [1.165, 1.54) is 6.26 Å². The summed E-state index contributed by atoms with van der Waals surface area (Å²) in [5.74, 6) is 1.40. The highest BCUT2D eigenvalue weighted by atomic mass is 32.2. The molecule has 0 amide bonds. The van der Waals surface area contributed by atoms with Gasteiger partial charge < -0.3 is 25.4 Å². The number of nitrogens with two attached hydrogens (primary N) is 1. The highest BCUT2D eigenvalue weighted by molar-refractivity contribution is 7.92. The van der Waals surface area contributed by atoms with Crippen LogP contribution in [0.25, 0.3) is 0 Å². The Kier molecular flexibility index (Phi) is 6.33. The molecule has 0 radical (unpaired) electrons. The third-order valence-electron chi connectivity index (χ3n) is 4.99. The van der Waals surface area contributed by atoms with Crippen molar-refractivity contribution < 1.29 is 17.9 Å². The quantitative estimate of drug-likeness (QED) is 0.480. The van der Waals surface area contributed by atoms with Crippen molar-refractivity contribution >= 4 is 33.2 Å². The summed E-state index contributed by atoms with van der Waals surface area (Å²) in [6, 6.07) is 7.70. The van der Waals surface area contributed by atoms with E-state index < -0.39 is 15.1 Å². The van der Waals surface area contributed by atoms with E-state index in [1.807, 2.05) is 44.3 Å². The number of allylic oxidation sites excluding steroid dienone is 3. The first-order chi connectivity index (χ1) is 15.8. The van der Waals surface area contributed by atoms with Gasteiger partial charge in [-0.15, -0.1) is 0 Å². The van der Waals surface area contributed by atoms with Crippen molar-refractivity contribution in [3.63, 3.8) is 0 Å². The maximum absolute atomic E-state index is 11.4. The van der Waals surface area contributed by atoms with Crippen LogP contribution in [-0.2, 0) is 19.5 Å². The highest BCUT2D eigenvalue weighted by Gasteiger charge is 2.22. The topological polar surface area (TPSA) is 140 Å². The minimum Gasteiger partial charge on any atom is -0.457 e. The Morgan fingerprint density at radius 1 is 1.12 bits per heavy atom. The first-order valence-corrected chi connectivity index (χ1v) is 11.7. The fraction of sp³-hybridized carbons (Fsp3) is 0.182. The second kappa shape index (κ2) is 9.35. The number of rotatable bonds is 7. The van der Waals surface area contributed by atoms with Crippen molar-refractivity contribution in [3.8, 4) is 0 Å². The first kappa shape index (κ1) is 22.4. The van der Waals surface area contributed by atoms with Gasteiger partial charge in [-0.2, -0.15) is 4.98 Å². The predicted octanol–water partition coefficient (Wildman–Crippen LogP) is 3.56. The zero-order valence-electron chi connectivity index (χ0n) is 18.1. The zero-order chi connectivity index (χ0) is 23.4. The van der Waals surface area contributed by atoms with Crippen molar-refractivity contribution in [2.45, 2.75) is 19.8 Å². The molecule has 1 aliphatic heterocycles. The minimum absolute atomic E-state index is 0.390. The molecule has 1 aromatic carbocycles. The zero-order valence-corrected chi connectivity index (χ0v) is 18.9. The molecule has 11 heteroatoms. The van der Waals surface area contributed by atoms with Crippen LogP contribution >= 0.6 is 0 Å². The van der Waals surface area contributed by atoms with Gasteiger partial charge in [0.15, 0.2) is 5.76 Å². The van der Waals surface area contributed by atoms with Gasteiger partial charge in [0.1, 0.15) is 18.3 Å². The SMILES string of the molecule is CNc1cc(Nc2nccc(NC3=C(C4=COC(S(N)(=O)=O)=CO4)CCC=C3)n2)ccc1C. The highest BCUT2D eigenvalue weighted by Crippen LogP contribution is 2.30. The van der Waals surface area contributed by atoms with Crippen LogP contribution in [0.3, 0.4) is 0 Å². The average molecular weight is 469 g/mol. The molecule has 0 spiro atoms. The Morgan fingerprint density at radius 2 is 1.97 bits per heavy atom. The maximum atomic E-state index is 11.4. The monoisotopic (exact) mass is 468 g/mol. The van der Waals surface area contributed by atoms with Crippen LogP contribution < -0.4 is 21.1 Å². The van der Waals surface area contributed by atoms with Crippen LogP contribution in [0.2, 0.25) is 0 Å². The lowest BCUT2D eigenvalue weighted by Gasteiger charge is -2.21. The summed E-state index contributed by atoms with van der Waals surface area (Å²) in [7, 11) is -2.11. The normalized spacial score (nSPS) is 15.7. The Balaban J connectivity index is 1.53. The standard InChI is InChI=1S/C22H24N6O4S/c1-14-7-8-15(11-18(14)24-2)26-22-25-10-9-20(28-22)27-17-6-4-3-5-16(17)19-12-32-21(13-31-19)33(23,29)30/h4,6-13,24H,3,5H2,1-2H3,(H2,23,29,30)(H2,25,26,27,28). The van der Waals surface area contributed by atoms with E-state index in [-0.39, 0.29) is 0 Å². The molecule has 10 nitrogen and oxygen atoms in total. The summed E-state index contributed by atoms with van der Waals surface area (Å²) in [5, 5.41) is 14.3. The van der Waals surface area contributed by atoms with Crippen LogP contribution in [0, 0.1) is 6.92 Å². The van der Waals surface area contributed by atoms with Crippen LogP contribution in [0.1, 0.15) is 18.4 Å². The lowest BCUT2D eigenvalue weighted by atomic mass is 10.0. The molecular formula is C22H24N6O4S. The summed E-state index contributed by atoms with van der Waals surface area (Å²) in [4.78, 5) is 8.84. The first-order valence-electron chi connectivity index (χ1n) is 10.2.